The van der Waals surface area contributed by atoms with Gasteiger partial charge in [-0.2, -0.15) is 26.3 Å². The van der Waals surface area contributed by atoms with E-state index in [0.29, 0.717) is 11.2 Å². The highest BCUT2D eigenvalue weighted by molar-refractivity contribution is 7.90. The molecular formula is C13H12F6N2O4S. The molecule has 1 aliphatic rings. The Morgan fingerprint density at radius 3 is 2.08 bits per heavy atom. The summed E-state index contributed by atoms with van der Waals surface area (Å²) < 4.78 is 102. The van der Waals surface area contributed by atoms with Gasteiger partial charge in [-0.1, -0.05) is 6.07 Å². The number of nitrogens with zero attached hydrogens (tertiary/aromatic N) is 2. The molecule has 1 aliphatic heterocycles. The first-order valence-corrected chi connectivity index (χ1v) is 8.87. The van der Waals surface area contributed by atoms with E-state index in [4.69, 9.17) is 0 Å². The highest BCUT2D eigenvalue weighted by Crippen LogP contribution is 2.56. The first kappa shape index (κ1) is 20.3. The molecule has 0 spiro atoms. The standard InChI is InChI=1S/C13H12F6N2O4S/c1-26(24,25)9-4-2-3-8(10(9)21(22)23)20-6-5-11(7-20,12(14,15)16)13(17,18)19/h2-4H,5-7H2,1H3. The number of sulfone groups is 1. The van der Waals surface area contributed by atoms with Gasteiger partial charge in [-0.15, -0.1) is 0 Å². The molecule has 146 valence electrons. The van der Waals surface area contributed by atoms with Crippen molar-refractivity contribution in [3.63, 3.8) is 0 Å². The molecule has 1 heterocycles. The molecular weight excluding hydrogens is 394 g/mol. The van der Waals surface area contributed by atoms with E-state index in [-0.39, 0.29) is 0 Å². The Morgan fingerprint density at radius 1 is 1.15 bits per heavy atom. The van der Waals surface area contributed by atoms with Gasteiger partial charge in [0.1, 0.15) is 10.6 Å². The summed E-state index contributed by atoms with van der Waals surface area (Å²) in [6.07, 6.45) is -11.9. The molecule has 26 heavy (non-hydrogen) atoms. The van der Waals surface area contributed by atoms with Crippen molar-refractivity contribution in [1.29, 1.82) is 0 Å². The summed E-state index contributed by atoms with van der Waals surface area (Å²) in [5.41, 5.74) is -5.70. The highest BCUT2D eigenvalue weighted by atomic mass is 32.2. The van der Waals surface area contributed by atoms with Crippen LogP contribution in [0, 0.1) is 15.5 Å². The van der Waals surface area contributed by atoms with Gasteiger partial charge >= 0.3 is 18.0 Å². The largest absolute Gasteiger partial charge is 0.404 e. The predicted molar refractivity (Wildman–Crippen MR) is 77.6 cm³/mol. The monoisotopic (exact) mass is 406 g/mol. The van der Waals surface area contributed by atoms with Crippen LogP contribution in [-0.2, 0) is 9.84 Å². The minimum Gasteiger partial charge on any atom is -0.365 e. The van der Waals surface area contributed by atoms with Gasteiger partial charge in [0.2, 0.25) is 0 Å². The summed E-state index contributed by atoms with van der Waals surface area (Å²) in [5.74, 6) is 0. The van der Waals surface area contributed by atoms with Crippen molar-refractivity contribution in [2.45, 2.75) is 23.7 Å². The van der Waals surface area contributed by atoms with E-state index in [1.807, 2.05) is 0 Å². The Labute approximate surface area is 143 Å². The Kier molecular flexibility index (Phi) is 4.67. The Hall–Kier alpha value is -2.05. The molecule has 0 aromatic heterocycles. The van der Waals surface area contributed by atoms with E-state index >= 15 is 0 Å². The molecule has 1 aromatic carbocycles. The van der Waals surface area contributed by atoms with Crippen LogP contribution in [0.15, 0.2) is 23.1 Å². The number of benzene rings is 1. The number of rotatable bonds is 3. The lowest BCUT2D eigenvalue weighted by atomic mass is 9.85. The molecule has 1 saturated heterocycles. The van der Waals surface area contributed by atoms with Gasteiger partial charge < -0.3 is 4.90 Å². The summed E-state index contributed by atoms with van der Waals surface area (Å²) in [5, 5.41) is 11.3. The van der Waals surface area contributed by atoms with Crippen molar-refractivity contribution >= 4 is 21.2 Å². The Morgan fingerprint density at radius 2 is 1.69 bits per heavy atom. The third kappa shape index (κ3) is 3.19. The third-order valence-corrected chi connectivity index (χ3v) is 5.38. The number of nitro groups is 1. The zero-order valence-corrected chi connectivity index (χ0v) is 13.9. The normalized spacial score (nSPS) is 18.2. The van der Waals surface area contributed by atoms with Crippen molar-refractivity contribution in [3.8, 4) is 0 Å². The summed E-state index contributed by atoms with van der Waals surface area (Å²) in [7, 11) is -4.13. The third-order valence-electron chi connectivity index (χ3n) is 4.25. The topological polar surface area (TPSA) is 80.5 Å². The van der Waals surface area contributed by atoms with E-state index in [2.05, 4.69) is 0 Å². The van der Waals surface area contributed by atoms with Crippen LogP contribution in [0.3, 0.4) is 0 Å². The average Bonchev–Trinajstić information content (AvgIpc) is 2.91. The van der Waals surface area contributed by atoms with Crippen LogP contribution in [0.2, 0.25) is 0 Å². The number of para-hydroxylation sites is 1. The summed E-state index contributed by atoms with van der Waals surface area (Å²) in [4.78, 5) is 9.91. The maximum absolute atomic E-state index is 13.2. The van der Waals surface area contributed by atoms with E-state index < -0.39 is 68.3 Å². The van der Waals surface area contributed by atoms with Crippen molar-refractivity contribution < 1.29 is 39.7 Å². The number of hydrogen-bond donors (Lipinski definition) is 0. The van der Waals surface area contributed by atoms with Crippen molar-refractivity contribution in [2.75, 3.05) is 24.2 Å². The fraction of sp³-hybridized carbons (Fsp3) is 0.538. The van der Waals surface area contributed by atoms with Gasteiger partial charge in [0.15, 0.2) is 15.3 Å². The molecule has 0 amide bonds. The molecule has 0 aliphatic carbocycles. The first-order chi connectivity index (χ1) is 11.6. The number of halogens is 6. The van der Waals surface area contributed by atoms with E-state index in [1.54, 1.807) is 0 Å². The second-order valence-corrected chi connectivity index (χ2v) is 7.89. The minimum atomic E-state index is -5.62. The van der Waals surface area contributed by atoms with E-state index in [1.165, 1.54) is 0 Å². The number of hydrogen-bond acceptors (Lipinski definition) is 5. The lowest BCUT2D eigenvalue weighted by molar-refractivity contribution is -0.387. The average molecular weight is 406 g/mol. The summed E-state index contributed by atoms with van der Waals surface area (Å²) >= 11 is 0. The second kappa shape index (κ2) is 5.99. The molecule has 2 rings (SSSR count). The fourth-order valence-corrected chi connectivity index (χ4v) is 3.74. The molecule has 0 N–H and O–H groups in total. The summed E-state index contributed by atoms with van der Waals surface area (Å²) in [6.45, 7) is -2.36. The van der Waals surface area contributed by atoms with Crippen LogP contribution in [0.5, 0.6) is 0 Å². The Bertz CT molecular complexity index is 820. The van der Waals surface area contributed by atoms with Crippen LogP contribution in [0.1, 0.15) is 6.42 Å². The lowest BCUT2D eigenvalue weighted by Gasteiger charge is -2.33. The molecule has 13 heteroatoms. The predicted octanol–water partition coefficient (Wildman–Crippen LogP) is 3.32. The molecule has 0 unspecified atom stereocenters. The van der Waals surface area contributed by atoms with Crippen LogP contribution in [-0.4, -0.2) is 45.0 Å². The maximum Gasteiger partial charge on any atom is 0.404 e. The van der Waals surface area contributed by atoms with Gasteiger partial charge in [-0.3, -0.25) is 10.1 Å². The second-order valence-electron chi connectivity index (χ2n) is 5.90. The molecule has 0 bridgehead atoms. The number of alkyl halides is 6. The lowest BCUT2D eigenvalue weighted by Crippen LogP contribution is -2.51. The highest BCUT2D eigenvalue weighted by Gasteiger charge is 2.72. The maximum atomic E-state index is 13.2. The zero-order chi connectivity index (χ0) is 20.1. The minimum absolute atomic E-state index is 0.549. The van der Waals surface area contributed by atoms with Crippen LogP contribution in [0.25, 0.3) is 0 Å². The number of anilines is 1. The van der Waals surface area contributed by atoms with Gasteiger partial charge in [0.25, 0.3) is 0 Å². The number of nitro benzene ring substituents is 1. The van der Waals surface area contributed by atoms with Crippen LogP contribution >= 0.6 is 0 Å². The molecule has 6 nitrogen and oxygen atoms in total. The first-order valence-electron chi connectivity index (χ1n) is 6.98. The van der Waals surface area contributed by atoms with Crippen molar-refractivity contribution in [3.05, 3.63) is 28.3 Å². The van der Waals surface area contributed by atoms with Crippen LogP contribution in [0.4, 0.5) is 37.7 Å². The SMILES string of the molecule is CS(=O)(=O)c1cccc(N2CCC(C(F)(F)F)(C(F)(F)F)C2)c1[N+](=O)[O-]. The van der Waals surface area contributed by atoms with Crippen molar-refractivity contribution in [2.24, 2.45) is 5.41 Å². The quantitative estimate of drug-likeness (QED) is 0.437. The molecule has 0 radical (unpaired) electrons. The van der Waals surface area contributed by atoms with E-state index in [9.17, 15) is 44.9 Å². The molecule has 0 atom stereocenters. The van der Waals surface area contributed by atoms with E-state index in [0.717, 1.165) is 18.2 Å². The fourth-order valence-electron chi connectivity index (χ4n) is 2.89. The summed E-state index contributed by atoms with van der Waals surface area (Å²) in [6, 6.07) is 2.82. The van der Waals surface area contributed by atoms with Gasteiger partial charge in [-0.25, -0.2) is 8.42 Å². The Balaban J connectivity index is 2.61. The molecule has 1 aromatic rings. The zero-order valence-electron chi connectivity index (χ0n) is 13.1. The smallest absolute Gasteiger partial charge is 0.365 e. The molecule has 1 fully saturated rings. The van der Waals surface area contributed by atoms with Gasteiger partial charge in [0, 0.05) is 19.3 Å². The van der Waals surface area contributed by atoms with Gasteiger partial charge in [0.05, 0.1) is 4.92 Å². The molecule has 0 saturated carbocycles. The van der Waals surface area contributed by atoms with Crippen LogP contribution < -0.4 is 4.90 Å². The van der Waals surface area contributed by atoms with Crippen molar-refractivity contribution in [1.82, 2.24) is 0 Å². The van der Waals surface area contributed by atoms with Gasteiger partial charge in [-0.05, 0) is 18.6 Å².